The maximum Gasteiger partial charge on any atom is 0.338 e. The van der Waals surface area contributed by atoms with Gasteiger partial charge in [0.2, 0.25) is 0 Å². The highest BCUT2D eigenvalue weighted by Crippen LogP contribution is 2.07. The molecule has 0 aliphatic carbocycles. The third kappa shape index (κ3) is 4.05. The average Bonchev–Trinajstić information content (AvgIpc) is 2.48. The second-order valence-electron chi connectivity index (χ2n) is 5.00. The van der Waals surface area contributed by atoms with Crippen LogP contribution in [0.3, 0.4) is 0 Å². The number of benzene rings is 1. The van der Waals surface area contributed by atoms with E-state index in [2.05, 4.69) is 0 Å². The molecular formula is C17H19NO3. The summed E-state index contributed by atoms with van der Waals surface area (Å²) in [4.78, 5) is 23.5. The van der Waals surface area contributed by atoms with Crippen molar-refractivity contribution in [1.29, 1.82) is 0 Å². The molecule has 0 amide bonds. The fourth-order valence-electron chi connectivity index (χ4n) is 1.96. The van der Waals surface area contributed by atoms with Crippen LogP contribution in [0.1, 0.15) is 34.8 Å². The summed E-state index contributed by atoms with van der Waals surface area (Å²) in [5.74, 6) is -0.309. The van der Waals surface area contributed by atoms with Crippen molar-refractivity contribution in [3.05, 3.63) is 69.6 Å². The molecule has 0 atom stereocenters. The van der Waals surface area contributed by atoms with Crippen molar-refractivity contribution in [1.82, 2.24) is 4.57 Å². The largest absolute Gasteiger partial charge is 0.462 e. The van der Waals surface area contributed by atoms with Crippen LogP contribution >= 0.6 is 0 Å². The molecule has 2 aromatic rings. The van der Waals surface area contributed by atoms with Crippen LogP contribution in [0.25, 0.3) is 0 Å². The van der Waals surface area contributed by atoms with Crippen LogP contribution < -0.4 is 5.56 Å². The van der Waals surface area contributed by atoms with E-state index in [-0.39, 0.29) is 11.5 Å². The number of aryl methyl sites for hydroxylation is 1. The Hall–Kier alpha value is -2.36. The van der Waals surface area contributed by atoms with E-state index in [0.717, 1.165) is 17.5 Å². The van der Waals surface area contributed by atoms with Crippen LogP contribution in [0.2, 0.25) is 0 Å². The van der Waals surface area contributed by atoms with Gasteiger partial charge in [-0.2, -0.15) is 0 Å². The number of carbonyl (C=O) groups is 1. The first-order valence-corrected chi connectivity index (χ1v) is 7.03. The minimum atomic E-state index is -0.309. The van der Waals surface area contributed by atoms with Crippen molar-refractivity contribution in [2.24, 2.45) is 0 Å². The normalized spacial score (nSPS) is 10.4. The van der Waals surface area contributed by atoms with Crippen LogP contribution in [0.4, 0.5) is 0 Å². The molecule has 4 heteroatoms. The Bertz CT molecular complexity index is 671. The van der Waals surface area contributed by atoms with Gasteiger partial charge in [0.25, 0.3) is 5.56 Å². The van der Waals surface area contributed by atoms with Gasteiger partial charge in [-0.15, -0.1) is 0 Å². The lowest BCUT2D eigenvalue weighted by molar-refractivity contribution is 0.0505. The molecule has 0 fully saturated rings. The van der Waals surface area contributed by atoms with Gasteiger partial charge in [0.15, 0.2) is 0 Å². The Morgan fingerprint density at radius 1 is 1.19 bits per heavy atom. The smallest absolute Gasteiger partial charge is 0.338 e. The Labute approximate surface area is 124 Å². The SMILES string of the molecule is CCCOC(=O)c1ccc(Cn2ccc(C)cc2=O)cc1. The number of nitrogens with zero attached hydrogens (tertiary/aromatic N) is 1. The lowest BCUT2D eigenvalue weighted by atomic mass is 10.1. The summed E-state index contributed by atoms with van der Waals surface area (Å²) in [5.41, 5.74) is 2.42. The highest BCUT2D eigenvalue weighted by Gasteiger charge is 2.06. The van der Waals surface area contributed by atoms with E-state index >= 15 is 0 Å². The summed E-state index contributed by atoms with van der Waals surface area (Å²) < 4.78 is 6.71. The lowest BCUT2D eigenvalue weighted by Crippen LogP contribution is -2.19. The van der Waals surface area contributed by atoms with E-state index in [1.807, 2.05) is 32.0 Å². The summed E-state index contributed by atoms with van der Waals surface area (Å²) in [6.45, 7) is 4.76. The van der Waals surface area contributed by atoms with Crippen LogP contribution in [-0.2, 0) is 11.3 Å². The molecule has 0 spiro atoms. The zero-order chi connectivity index (χ0) is 15.2. The Kier molecular flexibility index (Phi) is 4.93. The van der Waals surface area contributed by atoms with Crippen molar-refractivity contribution < 1.29 is 9.53 Å². The summed E-state index contributed by atoms with van der Waals surface area (Å²) in [5, 5.41) is 0. The quantitative estimate of drug-likeness (QED) is 0.794. The highest BCUT2D eigenvalue weighted by atomic mass is 16.5. The molecule has 21 heavy (non-hydrogen) atoms. The minimum Gasteiger partial charge on any atom is -0.462 e. The molecular weight excluding hydrogens is 266 g/mol. The predicted octanol–water partition coefficient (Wildman–Crippen LogP) is 2.77. The average molecular weight is 285 g/mol. The number of hydrogen-bond donors (Lipinski definition) is 0. The van der Waals surface area contributed by atoms with E-state index < -0.39 is 0 Å². The molecule has 0 unspecified atom stereocenters. The zero-order valence-corrected chi connectivity index (χ0v) is 12.3. The summed E-state index contributed by atoms with van der Waals surface area (Å²) >= 11 is 0. The Morgan fingerprint density at radius 2 is 1.90 bits per heavy atom. The molecule has 2 rings (SSSR count). The molecule has 0 saturated carbocycles. The van der Waals surface area contributed by atoms with Crippen LogP contribution in [0.15, 0.2) is 47.4 Å². The molecule has 1 heterocycles. The van der Waals surface area contributed by atoms with Gasteiger partial charge >= 0.3 is 5.97 Å². The van der Waals surface area contributed by atoms with Crippen molar-refractivity contribution in [3.63, 3.8) is 0 Å². The van der Waals surface area contributed by atoms with Gasteiger partial charge in [-0.3, -0.25) is 4.79 Å². The molecule has 0 bridgehead atoms. The van der Waals surface area contributed by atoms with Gasteiger partial charge in [-0.05, 0) is 42.7 Å². The van der Waals surface area contributed by atoms with E-state index in [9.17, 15) is 9.59 Å². The lowest BCUT2D eigenvalue weighted by Gasteiger charge is -2.07. The van der Waals surface area contributed by atoms with Gasteiger partial charge in [0, 0.05) is 12.3 Å². The summed E-state index contributed by atoms with van der Waals surface area (Å²) in [6.07, 6.45) is 2.58. The van der Waals surface area contributed by atoms with Crippen molar-refractivity contribution >= 4 is 5.97 Å². The van der Waals surface area contributed by atoms with Crippen LogP contribution in [-0.4, -0.2) is 17.1 Å². The van der Waals surface area contributed by atoms with Crippen LogP contribution in [0.5, 0.6) is 0 Å². The first-order valence-electron chi connectivity index (χ1n) is 7.03. The van der Waals surface area contributed by atoms with E-state index in [1.54, 1.807) is 29.0 Å². The fraction of sp³-hybridized carbons (Fsp3) is 0.294. The van der Waals surface area contributed by atoms with Gasteiger partial charge in [-0.1, -0.05) is 19.1 Å². The van der Waals surface area contributed by atoms with Gasteiger partial charge in [-0.25, -0.2) is 4.79 Å². The van der Waals surface area contributed by atoms with E-state index in [4.69, 9.17) is 4.74 Å². The molecule has 110 valence electrons. The van der Waals surface area contributed by atoms with E-state index in [1.165, 1.54) is 0 Å². The standard InChI is InChI=1S/C17H19NO3/c1-3-10-21-17(20)15-6-4-14(5-7-15)12-18-9-8-13(2)11-16(18)19/h4-9,11H,3,10,12H2,1-2H3. The maximum absolute atomic E-state index is 11.8. The molecule has 1 aromatic heterocycles. The molecule has 4 nitrogen and oxygen atoms in total. The number of aromatic nitrogens is 1. The number of ether oxygens (including phenoxy) is 1. The second-order valence-corrected chi connectivity index (χ2v) is 5.00. The fourth-order valence-corrected chi connectivity index (χ4v) is 1.96. The summed E-state index contributed by atoms with van der Waals surface area (Å²) in [7, 11) is 0. The second kappa shape index (κ2) is 6.88. The summed E-state index contributed by atoms with van der Waals surface area (Å²) in [6, 6.07) is 10.6. The first-order chi connectivity index (χ1) is 10.1. The van der Waals surface area contributed by atoms with Crippen molar-refractivity contribution in [3.8, 4) is 0 Å². The minimum absolute atomic E-state index is 0.0265. The van der Waals surface area contributed by atoms with Crippen molar-refractivity contribution in [2.75, 3.05) is 6.61 Å². The molecule has 0 saturated heterocycles. The highest BCUT2D eigenvalue weighted by molar-refractivity contribution is 5.89. The van der Waals surface area contributed by atoms with Gasteiger partial charge < -0.3 is 9.30 Å². The van der Waals surface area contributed by atoms with E-state index in [0.29, 0.717) is 18.7 Å². The molecule has 0 N–H and O–H groups in total. The topological polar surface area (TPSA) is 48.3 Å². The number of esters is 1. The zero-order valence-electron chi connectivity index (χ0n) is 12.3. The molecule has 0 radical (unpaired) electrons. The van der Waals surface area contributed by atoms with Gasteiger partial charge in [0.05, 0.1) is 18.7 Å². The third-order valence-electron chi connectivity index (χ3n) is 3.13. The molecule has 0 aliphatic rings. The predicted molar refractivity (Wildman–Crippen MR) is 81.6 cm³/mol. The number of rotatable bonds is 5. The molecule has 1 aromatic carbocycles. The number of hydrogen-bond acceptors (Lipinski definition) is 3. The monoisotopic (exact) mass is 285 g/mol. The maximum atomic E-state index is 11.8. The number of pyridine rings is 1. The Morgan fingerprint density at radius 3 is 2.52 bits per heavy atom. The van der Waals surface area contributed by atoms with Crippen molar-refractivity contribution in [2.45, 2.75) is 26.8 Å². The first kappa shape index (κ1) is 15.0. The molecule has 0 aliphatic heterocycles. The van der Waals surface area contributed by atoms with Gasteiger partial charge in [0.1, 0.15) is 0 Å². The third-order valence-corrected chi connectivity index (χ3v) is 3.13. The number of carbonyl (C=O) groups excluding carboxylic acids is 1. The van der Waals surface area contributed by atoms with Crippen LogP contribution in [0, 0.1) is 6.92 Å². The Balaban J connectivity index is 2.09.